The van der Waals surface area contributed by atoms with Crippen molar-refractivity contribution in [2.45, 2.75) is 77.4 Å². The fourth-order valence-electron chi connectivity index (χ4n) is 3.50. The molecule has 0 spiro atoms. The van der Waals surface area contributed by atoms with Crippen LogP contribution in [0.3, 0.4) is 0 Å². The van der Waals surface area contributed by atoms with Gasteiger partial charge in [0.1, 0.15) is 12.4 Å². The second-order valence-corrected chi connectivity index (χ2v) is 7.69. The highest BCUT2D eigenvalue weighted by Gasteiger charge is 2.39. The van der Waals surface area contributed by atoms with Gasteiger partial charge in [-0.2, -0.15) is 0 Å². The Morgan fingerprint density at radius 2 is 2.00 bits per heavy atom. The van der Waals surface area contributed by atoms with Crippen molar-refractivity contribution in [1.82, 2.24) is 0 Å². The molecule has 0 radical (unpaired) electrons. The second kappa shape index (κ2) is 13.0. The molecule has 1 rings (SSSR count). The van der Waals surface area contributed by atoms with Gasteiger partial charge in [-0.1, -0.05) is 51.0 Å². The van der Waals surface area contributed by atoms with E-state index < -0.39 is 12.7 Å². The first-order valence-electron chi connectivity index (χ1n) is 10.2. The van der Waals surface area contributed by atoms with Crippen molar-refractivity contribution >= 4 is 11.6 Å². The molecule has 0 saturated heterocycles. The zero-order chi connectivity index (χ0) is 20.2. The highest BCUT2D eigenvalue weighted by molar-refractivity contribution is 5.84. The van der Waals surface area contributed by atoms with E-state index in [0.717, 1.165) is 25.7 Å². The van der Waals surface area contributed by atoms with Gasteiger partial charge in [-0.3, -0.25) is 9.59 Å². The molecule has 0 bridgehead atoms. The van der Waals surface area contributed by atoms with Crippen molar-refractivity contribution in [1.29, 1.82) is 0 Å². The predicted octanol–water partition coefficient (Wildman–Crippen LogP) is 2.97. The van der Waals surface area contributed by atoms with Crippen LogP contribution in [0.2, 0.25) is 0 Å². The summed E-state index contributed by atoms with van der Waals surface area (Å²) in [7, 11) is 0. The number of rotatable bonds is 13. The van der Waals surface area contributed by atoms with Crippen molar-refractivity contribution in [3.63, 3.8) is 0 Å². The van der Waals surface area contributed by atoms with Gasteiger partial charge >= 0.3 is 0 Å². The third-order valence-electron chi connectivity index (χ3n) is 5.42. The quantitative estimate of drug-likeness (QED) is 0.427. The smallest absolute Gasteiger partial charge is 0.160 e. The number of ketones is 2. The van der Waals surface area contributed by atoms with Crippen LogP contribution in [0.15, 0.2) is 24.3 Å². The monoisotopic (exact) mass is 380 g/mol. The molecule has 1 aliphatic carbocycles. The third-order valence-corrected chi connectivity index (χ3v) is 5.42. The third kappa shape index (κ3) is 8.50. The molecule has 3 N–H and O–H groups in total. The SMILES string of the molecule is CCCCC(O)C/C=C/[C@H]1[C@H](O)CC(=O)[C@@H]1C/C=C\CCC(C)C(=O)CO. The van der Waals surface area contributed by atoms with E-state index in [9.17, 15) is 19.8 Å². The number of Topliss-reactive ketones (excluding diaryl/α,β-unsaturated/α-hetero) is 2. The lowest BCUT2D eigenvalue weighted by Gasteiger charge is -2.16. The van der Waals surface area contributed by atoms with E-state index in [-0.39, 0.29) is 41.8 Å². The van der Waals surface area contributed by atoms with Crippen LogP contribution in [0, 0.1) is 17.8 Å². The van der Waals surface area contributed by atoms with Crippen molar-refractivity contribution in [3.05, 3.63) is 24.3 Å². The largest absolute Gasteiger partial charge is 0.393 e. The summed E-state index contributed by atoms with van der Waals surface area (Å²) in [4.78, 5) is 23.5. The summed E-state index contributed by atoms with van der Waals surface area (Å²) in [5, 5.41) is 28.9. The Kier molecular flexibility index (Phi) is 11.4. The number of allylic oxidation sites excluding steroid dienone is 2. The average molecular weight is 381 g/mol. The molecule has 5 nitrogen and oxygen atoms in total. The van der Waals surface area contributed by atoms with Crippen LogP contribution >= 0.6 is 0 Å². The fraction of sp³-hybridized carbons (Fsp3) is 0.727. The number of carbonyl (C=O) groups is 2. The first-order chi connectivity index (χ1) is 12.9. The van der Waals surface area contributed by atoms with Crippen molar-refractivity contribution < 1.29 is 24.9 Å². The van der Waals surface area contributed by atoms with Gasteiger partial charge in [0.15, 0.2) is 5.78 Å². The number of carbonyl (C=O) groups excluding carboxylic acids is 2. The highest BCUT2D eigenvalue weighted by Crippen LogP contribution is 2.33. The molecule has 1 fully saturated rings. The van der Waals surface area contributed by atoms with Gasteiger partial charge in [0, 0.05) is 24.2 Å². The van der Waals surface area contributed by atoms with Gasteiger partial charge in [0.05, 0.1) is 12.2 Å². The number of aliphatic hydroxyl groups is 3. The molecule has 0 aliphatic heterocycles. The van der Waals surface area contributed by atoms with E-state index >= 15 is 0 Å². The lowest BCUT2D eigenvalue weighted by molar-refractivity contribution is -0.125. The van der Waals surface area contributed by atoms with Crippen LogP contribution in [0.1, 0.15) is 65.2 Å². The van der Waals surface area contributed by atoms with E-state index in [2.05, 4.69) is 6.92 Å². The summed E-state index contributed by atoms with van der Waals surface area (Å²) in [5.74, 6) is -0.655. The van der Waals surface area contributed by atoms with Crippen molar-refractivity contribution in [3.8, 4) is 0 Å². The Balaban J connectivity index is 2.47. The molecule has 0 aromatic heterocycles. The molecule has 0 heterocycles. The molecule has 0 amide bonds. The van der Waals surface area contributed by atoms with Crippen LogP contribution < -0.4 is 0 Å². The Morgan fingerprint density at radius 3 is 2.67 bits per heavy atom. The minimum atomic E-state index is -0.651. The normalized spacial score (nSPS) is 25.5. The summed E-state index contributed by atoms with van der Waals surface area (Å²) in [6.07, 6.45) is 12.2. The molecule has 1 aliphatic rings. The maximum atomic E-state index is 12.2. The Bertz CT molecular complexity index is 511. The first kappa shape index (κ1) is 23.7. The maximum Gasteiger partial charge on any atom is 0.160 e. The summed E-state index contributed by atoms with van der Waals surface area (Å²) in [6.45, 7) is 3.48. The second-order valence-electron chi connectivity index (χ2n) is 7.69. The molecular formula is C22H36O5. The van der Waals surface area contributed by atoms with E-state index in [1.807, 2.05) is 24.3 Å². The van der Waals surface area contributed by atoms with E-state index in [4.69, 9.17) is 5.11 Å². The van der Waals surface area contributed by atoms with Crippen LogP contribution in [0.5, 0.6) is 0 Å². The number of hydrogen-bond acceptors (Lipinski definition) is 5. The van der Waals surface area contributed by atoms with E-state index in [1.165, 1.54) is 0 Å². The van der Waals surface area contributed by atoms with Crippen molar-refractivity contribution in [2.24, 2.45) is 17.8 Å². The molecule has 5 atom stereocenters. The lowest BCUT2D eigenvalue weighted by Crippen LogP contribution is -2.18. The zero-order valence-electron chi connectivity index (χ0n) is 16.7. The molecule has 0 aromatic rings. The molecular weight excluding hydrogens is 344 g/mol. The lowest BCUT2D eigenvalue weighted by atomic mass is 9.90. The van der Waals surface area contributed by atoms with Crippen LogP contribution in [0.4, 0.5) is 0 Å². The Hall–Kier alpha value is -1.30. The van der Waals surface area contributed by atoms with Crippen LogP contribution in [-0.2, 0) is 9.59 Å². The van der Waals surface area contributed by atoms with E-state index in [1.54, 1.807) is 6.92 Å². The van der Waals surface area contributed by atoms with Gasteiger partial charge in [-0.25, -0.2) is 0 Å². The molecule has 154 valence electrons. The topological polar surface area (TPSA) is 94.8 Å². The fourth-order valence-corrected chi connectivity index (χ4v) is 3.50. The average Bonchev–Trinajstić information content (AvgIpc) is 2.91. The summed E-state index contributed by atoms with van der Waals surface area (Å²) < 4.78 is 0. The summed E-state index contributed by atoms with van der Waals surface area (Å²) in [5.41, 5.74) is 0. The van der Waals surface area contributed by atoms with Gasteiger partial charge in [0.2, 0.25) is 0 Å². The Morgan fingerprint density at radius 1 is 1.26 bits per heavy atom. The minimum absolute atomic E-state index is 0.0807. The van der Waals surface area contributed by atoms with Gasteiger partial charge < -0.3 is 15.3 Å². The standard InChI is InChI=1S/C22H36O5/c1-3-4-10-17(24)11-8-13-19-18(20(25)14-21(19)26)12-7-5-6-9-16(2)22(27)15-23/h5,7-8,13,16-19,21,23-24,26H,3-4,6,9-12,14-15H2,1-2H3/b7-5-,13-8+/t16?,17?,18-,19-,21-/m1/s1. The summed E-state index contributed by atoms with van der Waals surface area (Å²) >= 11 is 0. The number of aliphatic hydroxyl groups excluding tert-OH is 3. The predicted molar refractivity (Wildman–Crippen MR) is 106 cm³/mol. The minimum Gasteiger partial charge on any atom is -0.393 e. The Labute approximate surface area is 163 Å². The summed E-state index contributed by atoms with van der Waals surface area (Å²) in [6, 6.07) is 0. The van der Waals surface area contributed by atoms with Crippen molar-refractivity contribution in [2.75, 3.05) is 6.61 Å². The van der Waals surface area contributed by atoms with Crippen LogP contribution in [-0.4, -0.2) is 45.7 Å². The molecule has 1 saturated carbocycles. The van der Waals surface area contributed by atoms with Crippen LogP contribution in [0.25, 0.3) is 0 Å². The number of unbranched alkanes of at least 4 members (excludes halogenated alkanes) is 1. The number of hydrogen-bond donors (Lipinski definition) is 3. The highest BCUT2D eigenvalue weighted by atomic mass is 16.3. The van der Waals surface area contributed by atoms with Gasteiger partial charge in [-0.05, 0) is 32.1 Å². The molecule has 2 unspecified atom stereocenters. The first-order valence-corrected chi connectivity index (χ1v) is 10.2. The van der Waals surface area contributed by atoms with Gasteiger partial charge in [0.25, 0.3) is 0 Å². The molecule has 27 heavy (non-hydrogen) atoms. The van der Waals surface area contributed by atoms with E-state index in [0.29, 0.717) is 19.3 Å². The molecule has 0 aromatic carbocycles. The van der Waals surface area contributed by atoms with Gasteiger partial charge in [-0.15, -0.1) is 0 Å². The zero-order valence-corrected chi connectivity index (χ0v) is 16.7. The maximum absolute atomic E-state index is 12.2. The molecule has 5 heteroatoms.